The van der Waals surface area contributed by atoms with E-state index in [2.05, 4.69) is 10.0 Å². The first-order valence-electron chi connectivity index (χ1n) is 8.21. The van der Waals surface area contributed by atoms with E-state index in [1.807, 2.05) is 13.8 Å². The van der Waals surface area contributed by atoms with Crippen molar-refractivity contribution in [2.75, 3.05) is 13.7 Å². The van der Waals surface area contributed by atoms with Crippen LogP contribution in [-0.4, -0.2) is 46.1 Å². The highest BCUT2D eigenvalue weighted by Gasteiger charge is 2.26. The molecule has 2 N–H and O–H groups in total. The first kappa shape index (κ1) is 21.9. The number of hydrogen-bond acceptors (Lipinski definition) is 6. The second-order valence-electron chi connectivity index (χ2n) is 6.24. The van der Waals surface area contributed by atoms with E-state index in [-0.39, 0.29) is 10.8 Å². The number of nitrogens with one attached hydrogen (secondary N) is 2. The highest BCUT2D eigenvalue weighted by Crippen LogP contribution is 2.15. The average molecular weight is 386 g/mol. The third kappa shape index (κ3) is 6.64. The van der Waals surface area contributed by atoms with Gasteiger partial charge in [-0.25, -0.2) is 8.42 Å². The predicted molar refractivity (Wildman–Crippen MR) is 96.2 cm³/mol. The lowest BCUT2D eigenvalue weighted by Crippen LogP contribution is -2.43. The maximum absolute atomic E-state index is 12.3. The quantitative estimate of drug-likeness (QED) is 0.614. The van der Waals surface area contributed by atoms with Gasteiger partial charge in [0.2, 0.25) is 10.0 Å². The van der Waals surface area contributed by atoms with Crippen LogP contribution in [0.2, 0.25) is 0 Å². The summed E-state index contributed by atoms with van der Waals surface area (Å²) in [6.07, 6.45) is -1.02. The van der Waals surface area contributed by atoms with Crippen molar-refractivity contribution in [3.8, 4) is 5.75 Å². The van der Waals surface area contributed by atoms with Crippen molar-refractivity contribution in [3.63, 3.8) is 0 Å². The van der Waals surface area contributed by atoms with Crippen LogP contribution in [0.1, 0.15) is 27.7 Å². The van der Waals surface area contributed by atoms with Gasteiger partial charge in [0.1, 0.15) is 11.8 Å². The van der Waals surface area contributed by atoms with Gasteiger partial charge in [0.25, 0.3) is 5.91 Å². The standard InChI is InChI=1S/C17H26N2O6S/c1-11(2)10-18-16(20)13(4)25-17(21)12(3)19-26(22,23)15-8-6-14(24-5)7-9-15/h6-9,11-13,19H,10H2,1-5H3,(H,18,20)/t12-,13?/m0/s1. The minimum Gasteiger partial charge on any atom is -0.497 e. The molecular weight excluding hydrogens is 360 g/mol. The van der Waals surface area contributed by atoms with E-state index in [1.54, 1.807) is 0 Å². The maximum atomic E-state index is 12.3. The monoisotopic (exact) mass is 386 g/mol. The zero-order chi connectivity index (χ0) is 19.9. The molecule has 0 aromatic heterocycles. The predicted octanol–water partition coefficient (Wildman–Crippen LogP) is 1.07. The van der Waals surface area contributed by atoms with Gasteiger partial charge in [-0.05, 0) is 44.0 Å². The molecule has 146 valence electrons. The maximum Gasteiger partial charge on any atom is 0.324 e. The molecule has 0 saturated carbocycles. The van der Waals surface area contributed by atoms with Crippen LogP contribution in [0, 0.1) is 5.92 Å². The molecule has 8 nitrogen and oxygen atoms in total. The van der Waals surface area contributed by atoms with E-state index in [1.165, 1.54) is 45.2 Å². The summed E-state index contributed by atoms with van der Waals surface area (Å²) in [5.41, 5.74) is 0. The van der Waals surface area contributed by atoms with E-state index in [9.17, 15) is 18.0 Å². The van der Waals surface area contributed by atoms with Gasteiger partial charge in [-0.3, -0.25) is 9.59 Å². The molecule has 0 aliphatic heterocycles. The number of ether oxygens (including phenoxy) is 2. The Morgan fingerprint density at radius 1 is 1.08 bits per heavy atom. The van der Waals surface area contributed by atoms with Crippen molar-refractivity contribution in [1.82, 2.24) is 10.0 Å². The van der Waals surface area contributed by atoms with Crippen LogP contribution in [0.15, 0.2) is 29.2 Å². The third-order valence-corrected chi connectivity index (χ3v) is 4.96. The molecule has 0 radical (unpaired) electrons. The van der Waals surface area contributed by atoms with E-state index in [4.69, 9.17) is 9.47 Å². The SMILES string of the molecule is COc1ccc(S(=O)(=O)N[C@@H](C)C(=O)OC(C)C(=O)NCC(C)C)cc1. The minimum atomic E-state index is -3.91. The molecule has 0 saturated heterocycles. The largest absolute Gasteiger partial charge is 0.497 e. The Bertz CT molecular complexity index is 715. The van der Waals surface area contributed by atoms with E-state index in [0.29, 0.717) is 12.3 Å². The molecule has 0 fully saturated rings. The molecule has 9 heteroatoms. The fraction of sp³-hybridized carbons (Fsp3) is 0.529. The first-order chi connectivity index (χ1) is 12.1. The van der Waals surface area contributed by atoms with Crippen LogP contribution in [0.4, 0.5) is 0 Å². The van der Waals surface area contributed by atoms with Gasteiger partial charge in [-0.1, -0.05) is 13.8 Å². The lowest BCUT2D eigenvalue weighted by atomic mass is 10.2. The third-order valence-electron chi connectivity index (χ3n) is 3.40. The molecule has 1 rings (SSSR count). The summed E-state index contributed by atoms with van der Waals surface area (Å²) in [5.74, 6) is -0.499. The van der Waals surface area contributed by atoms with Crippen molar-refractivity contribution < 1.29 is 27.5 Å². The fourth-order valence-electron chi connectivity index (χ4n) is 1.88. The van der Waals surface area contributed by atoms with Gasteiger partial charge in [-0.2, -0.15) is 4.72 Å². The molecule has 1 unspecified atom stereocenters. The smallest absolute Gasteiger partial charge is 0.324 e. The molecule has 0 bridgehead atoms. The average Bonchev–Trinajstić information content (AvgIpc) is 2.58. The number of carbonyl (C=O) groups is 2. The highest BCUT2D eigenvalue weighted by molar-refractivity contribution is 7.89. The molecule has 0 spiro atoms. The molecule has 2 atom stereocenters. The molecule has 1 aromatic carbocycles. The Kier molecular flexibility index (Phi) is 8.04. The van der Waals surface area contributed by atoms with Crippen LogP contribution in [0.5, 0.6) is 5.75 Å². The Balaban J connectivity index is 2.65. The normalized spacial score (nSPS) is 13.8. The number of hydrogen-bond donors (Lipinski definition) is 2. The van der Waals surface area contributed by atoms with Gasteiger partial charge in [0.15, 0.2) is 6.10 Å². The highest BCUT2D eigenvalue weighted by atomic mass is 32.2. The molecule has 26 heavy (non-hydrogen) atoms. The molecule has 1 aromatic rings. The fourth-order valence-corrected chi connectivity index (χ4v) is 3.07. The number of rotatable bonds is 9. The van der Waals surface area contributed by atoms with Crippen LogP contribution >= 0.6 is 0 Å². The lowest BCUT2D eigenvalue weighted by Gasteiger charge is -2.18. The Hall–Kier alpha value is -2.13. The number of methoxy groups -OCH3 is 1. The van der Waals surface area contributed by atoms with Crippen molar-refractivity contribution >= 4 is 21.9 Å². The molecule has 0 heterocycles. The van der Waals surface area contributed by atoms with E-state index in [0.717, 1.165) is 0 Å². The van der Waals surface area contributed by atoms with Gasteiger partial charge < -0.3 is 14.8 Å². The van der Waals surface area contributed by atoms with Crippen molar-refractivity contribution in [1.29, 1.82) is 0 Å². The number of carbonyl (C=O) groups excluding carboxylic acids is 2. The summed E-state index contributed by atoms with van der Waals surface area (Å²) < 4.78 is 36.8. The Morgan fingerprint density at radius 2 is 1.65 bits per heavy atom. The zero-order valence-corrected chi connectivity index (χ0v) is 16.4. The summed E-state index contributed by atoms with van der Waals surface area (Å²) in [7, 11) is -2.44. The van der Waals surface area contributed by atoms with Crippen molar-refractivity contribution in [2.24, 2.45) is 5.92 Å². The minimum absolute atomic E-state index is 0.0133. The van der Waals surface area contributed by atoms with E-state index < -0.39 is 34.0 Å². The summed E-state index contributed by atoms with van der Waals surface area (Å²) >= 11 is 0. The van der Waals surface area contributed by atoms with Gasteiger partial charge >= 0.3 is 5.97 Å². The van der Waals surface area contributed by atoms with Crippen molar-refractivity contribution in [2.45, 2.75) is 44.7 Å². The molecular formula is C17H26N2O6S. The van der Waals surface area contributed by atoms with E-state index >= 15 is 0 Å². The summed E-state index contributed by atoms with van der Waals surface area (Å²) in [6, 6.07) is 4.57. The lowest BCUT2D eigenvalue weighted by molar-refractivity contribution is -0.156. The Morgan fingerprint density at radius 3 is 2.15 bits per heavy atom. The summed E-state index contributed by atoms with van der Waals surface area (Å²) in [5, 5.41) is 2.64. The van der Waals surface area contributed by atoms with Crippen molar-refractivity contribution in [3.05, 3.63) is 24.3 Å². The van der Waals surface area contributed by atoms with Crippen LogP contribution in [-0.2, 0) is 24.3 Å². The van der Waals surface area contributed by atoms with Gasteiger partial charge in [0, 0.05) is 6.54 Å². The Labute approximate surface area is 154 Å². The second-order valence-corrected chi connectivity index (χ2v) is 7.95. The number of amides is 1. The molecule has 0 aliphatic rings. The number of esters is 1. The topological polar surface area (TPSA) is 111 Å². The van der Waals surface area contributed by atoms with Gasteiger partial charge in [-0.15, -0.1) is 0 Å². The van der Waals surface area contributed by atoms with Gasteiger partial charge in [0.05, 0.1) is 12.0 Å². The zero-order valence-electron chi connectivity index (χ0n) is 15.6. The number of benzene rings is 1. The van der Waals surface area contributed by atoms with Crippen LogP contribution in [0.25, 0.3) is 0 Å². The molecule has 1 amide bonds. The molecule has 0 aliphatic carbocycles. The number of sulfonamides is 1. The first-order valence-corrected chi connectivity index (χ1v) is 9.69. The second kappa shape index (κ2) is 9.54. The van der Waals surface area contributed by atoms with Crippen LogP contribution in [0.3, 0.4) is 0 Å². The van der Waals surface area contributed by atoms with Crippen LogP contribution < -0.4 is 14.8 Å². The summed E-state index contributed by atoms with van der Waals surface area (Å²) in [6.45, 7) is 7.11. The summed E-state index contributed by atoms with van der Waals surface area (Å²) in [4.78, 5) is 23.9.